The minimum atomic E-state index is -0.388. The molecule has 0 atom stereocenters. The molecule has 1 rings (SSSR count). The zero-order valence-electron chi connectivity index (χ0n) is 8.77. The maximum atomic E-state index is 11.1. The van der Waals surface area contributed by atoms with Crippen LogP contribution in [0.2, 0.25) is 0 Å². The van der Waals surface area contributed by atoms with Crippen molar-refractivity contribution < 1.29 is 9.53 Å². The zero-order valence-corrected chi connectivity index (χ0v) is 8.77. The van der Waals surface area contributed by atoms with E-state index < -0.39 is 0 Å². The molecule has 0 bridgehead atoms. The van der Waals surface area contributed by atoms with Crippen molar-refractivity contribution in [3.8, 4) is 0 Å². The van der Waals surface area contributed by atoms with Crippen molar-refractivity contribution in [2.45, 2.75) is 20.1 Å². The summed E-state index contributed by atoms with van der Waals surface area (Å²) in [6.07, 6.45) is 5.09. The molecule has 4 nitrogen and oxygen atoms in total. The Kier molecular flexibility index (Phi) is 3.85. The molecule has 0 saturated heterocycles. The van der Waals surface area contributed by atoms with Crippen molar-refractivity contribution in [1.29, 1.82) is 0 Å². The number of imidazole rings is 1. The minimum absolute atomic E-state index is 0.208. The van der Waals surface area contributed by atoms with Crippen LogP contribution in [0, 0.1) is 0 Å². The van der Waals surface area contributed by atoms with Gasteiger partial charge in [-0.05, 0) is 6.92 Å². The molecule has 0 spiro atoms. The third-order valence-electron chi connectivity index (χ3n) is 1.82. The third-order valence-corrected chi connectivity index (χ3v) is 1.82. The fourth-order valence-corrected chi connectivity index (χ4v) is 1.03. The van der Waals surface area contributed by atoms with Crippen LogP contribution in [0.3, 0.4) is 0 Å². The summed E-state index contributed by atoms with van der Waals surface area (Å²) in [7, 11) is 0. The summed E-state index contributed by atoms with van der Waals surface area (Å²) in [6.45, 7) is 9.61. The van der Waals surface area contributed by atoms with Gasteiger partial charge in [-0.15, -0.1) is 6.58 Å². The summed E-state index contributed by atoms with van der Waals surface area (Å²) in [5, 5.41) is 0. The van der Waals surface area contributed by atoms with Gasteiger partial charge in [0, 0.05) is 12.1 Å². The van der Waals surface area contributed by atoms with Crippen LogP contribution in [0.1, 0.15) is 12.6 Å². The Morgan fingerprint density at radius 1 is 1.73 bits per heavy atom. The van der Waals surface area contributed by atoms with E-state index in [-0.39, 0.29) is 12.6 Å². The number of aromatic nitrogens is 2. The number of allylic oxidation sites excluding steroid dienone is 1. The normalized spacial score (nSPS) is 9.67. The van der Waals surface area contributed by atoms with Crippen molar-refractivity contribution in [2.75, 3.05) is 0 Å². The lowest BCUT2D eigenvalue weighted by atomic mass is 10.4. The number of carbonyl (C=O) groups is 1. The molecule has 0 fully saturated rings. The highest BCUT2D eigenvalue weighted by molar-refractivity contribution is 5.86. The second-order valence-electron chi connectivity index (χ2n) is 3.18. The highest BCUT2D eigenvalue weighted by Gasteiger charge is 2.06. The molecule has 1 aromatic rings. The Labute approximate surface area is 88.9 Å². The number of carbonyl (C=O) groups excluding carboxylic acids is 1. The number of nitrogens with zero attached hydrogens (tertiary/aromatic N) is 2. The lowest BCUT2D eigenvalue weighted by molar-refractivity contribution is -0.140. The molecule has 4 heteroatoms. The van der Waals surface area contributed by atoms with Crippen LogP contribution >= 0.6 is 0 Å². The number of rotatable bonds is 5. The first-order valence-electron chi connectivity index (χ1n) is 4.57. The van der Waals surface area contributed by atoms with Gasteiger partial charge in [0.1, 0.15) is 6.61 Å². The molecule has 0 saturated carbocycles. The second kappa shape index (κ2) is 5.14. The summed E-state index contributed by atoms with van der Waals surface area (Å²) < 4.78 is 6.86. The van der Waals surface area contributed by atoms with Crippen LogP contribution in [-0.2, 0) is 22.7 Å². The van der Waals surface area contributed by atoms with Crippen LogP contribution in [0.5, 0.6) is 0 Å². The van der Waals surface area contributed by atoms with E-state index in [1.165, 1.54) is 0 Å². The topological polar surface area (TPSA) is 44.1 Å². The van der Waals surface area contributed by atoms with E-state index >= 15 is 0 Å². The summed E-state index contributed by atoms with van der Waals surface area (Å²) in [6, 6.07) is 0. The van der Waals surface area contributed by atoms with E-state index in [4.69, 9.17) is 4.74 Å². The minimum Gasteiger partial charge on any atom is -0.456 e. The van der Waals surface area contributed by atoms with Crippen LogP contribution in [-0.4, -0.2) is 15.5 Å². The van der Waals surface area contributed by atoms with E-state index in [1.54, 1.807) is 25.5 Å². The van der Waals surface area contributed by atoms with Crippen LogP contribution < -0.4 is 0 Å². The first kappa shape index (κ1) is 11.2. The Bertz CT molecular complexity index is 380. The van der Waals surface area contributed by atoms with E-state index in [0.717, 1.165) is 5.69 Å². The maximum absolute atomic E-state index is 11.1. The third kappa shape index (κ3) is 3.09. The molecule has 0 aliphatic rings. The fourth-order valence-electron chi connectivity index (χ4n) is 1.03. The van der Waals surface area contributed by atoms with Crippen LogP contribution in [0.15, 0.2) is 37.3 Å². The fraction of sp³-hybridized carbons (Fsp3) is 0.273. The number of hydrogen-bond acceptors (Lipinski definition) is 3. The largest absolute Gasteiger partial charge is 0.456 e. The summed E-state index contributed by atoms with van der Waals surface area (Å²) >= 11 is 0. The highest BCUT2D eigenvalue weighted by atomic mass is 16.5. The molecule has 80 valence electrons. The number of ether oxygens (including phenoxy) is 1. The molecular weight excluding hydrogens is 192 g/mol. The molecule has 0 aliphatic heterocycles. The average Bonchev–Trinajstić information content (AvgIpc) is 2.62. The Hall–Kier alpha value is -1.84. The van der Waals surface area contributed by atoms with Gasteiger partial charge >= 0.3 is 5.97 Å². The number of hydrogen-bond donors (Lipinski definition) is 0. The predicted molar refractivity (Wildman–Crippen MR) is 57.0 cm³/mol. The average molecular weight is 206 g/mol. The monoisotopic (exact) mass is 206 g/mol. The number of esters is 1. The quantitative estimate of drug-likeness (QED) is 0.418. The van der Waals surface area contributed by atoms with E-state index in [2.05, 4.69) is 18.1 Å². The first-order valence-corrected chi connectivity index (χ1v) is 4.57. The smallest absolute Gasteiger partial charge is 0.333 e. The molecule has 1 heterocycles. The highest BCUT2D eigenvalue weighted by Crippen LogP contribution is 2.03. The molecule has 0 amide bonds. The van der Waals surface area contributed by atoms with Gasteiger partial charge < -0.3 is 9.30 Å². The molecule has 15 heavy (non-hydrogen) atoms. The van der Waals surface area contributed by atoms with Gasteiger partial charge in [0.15, 0.2) is 0 Å². The molecule has 0 aromatic carbocycles. The van der Waals surface area contributed by atoms with E-state index in [9.17, 15) is 4.79 Å². The zero-order chi connectivity index (χ0) is 11.3. The van der Waals surface area contributed by atoms with Crippen molar-refractivity contribution in [1.82, 2.24) is 9.55 Å². The molecule has 0 unspecified atom stereocenters. The van der Waals surface area contributed by atoms with Crippen molar-refractivity contribution in [3.05, 3.63) is 43.0 Å². The lowest BCUT2D eigenvalue weighted by Crippen LogP contribution is -2.08. The van der Waals surface area contributed by atoms with E-state index in [0.29, 0.717) is 12.1 Å². The van der Waals surface area contributed by atoms with E-state index in [1.807, 2.05) is 4.57 Å². The van der Waals surface area contributed by atoms with Gasteiger partial charge in [0.05, 0.1) is 18.2 Å². The molecule has 0 radical (unpaired) electrons. The molecule has 0 aliphatic carbocycles. The summed E-state index contributed by atoms with van der Waals surface area (Å²) in [5.74, 6) is -0.388. The Morgan fingerprint density at radius 3 is 3.07 bits per heavy atom. The molecule has 1 aromatic heterocycles. The maximum Gasteiger partial charge on any atom is 0.333 e. The second-order valence-corrected chi connectivity index (χ2v) is 3.18. The predicted octanol–water partition coefficient (Wildman–Crippen LogP) is 1.69. The lowest BCUT2D eigenvalue weighted by Gasteiger charge is -2.06. The summed E-state index contributed by atoms with van der Waals surface area (Å²) in [5.41, 5.74) is 1.23. The van der Waals surface area contributed by atoms with Gasteiger partial charge in [-0.3, -0.25) is 0 Å². The molecule has 0 N–H and O–H groups in total. The standard InChI is InChI=1S/C11H14N2O2/c1-4-5-13-8-12-6-10(13)7-15-11(14)9(2)3/h4,6,8H,1-2,5,7H2,3H3. The van der Waals surface area contributed by atoms with Crippen LogP contribution in [0.4, 0.5) is 0 Å². The Balaban J connectivity index is 2.57. The van der Waals surface area contributed by atoms with Gasteiger partial charge in [-0.1, -0.05) is 12.7 Å². The first-order chi connectivity index (χ1) is 7.15. The van der Waals surface area contributed by atoms with Crippen molar-refractivity contribution in [2.24, 2.45) is 0 Å². The van der Waals surface area contributed by atoms with Gasteiger partial charge in [0.2, 0.25) is 0 Å². The SMILES string of the molecule is C=CCn1cncc1COC(=O)C(=C)C. The van der Waals surface area contributed by atoms with Gasteiger partial charge in [0.25, 0.3) is 0 Å². The summed E-state index contributed by atoms with van der Waals surface area (Å²) in [4.78, 5) is 15.1. The van der Waals surface area contributed by atoms with Crippen LogP contribution in [0.25, 0.3) is 0 Å². The van der Waals surface area contributed by atoms with Crippen molar-refractivity contribution >= 4 is 5.97 Å². The molecular formula is C11H14N2O2. The Morgan fingerprint density at radius 2 is 2.47 bits per heavy atom. The van der Waals surface area contributed by atoms with Gasteiger partial charge in [-0.2, -0.15) is 0 Å². The van der Waals surface area contributed by atoms with Crippen molar-refractivity contribution in [3.63, 3.8) is 0 Å². The van der Waals surface area contributed by atoms with Gasteiger partial charge in [-0.25, -0.2) is 9.78 Å².